The molecule has 0 amide bonds. The van der Waals surface area contributed by atoms with Crippen molar-refractivity contribution in [1.29, 1.82) is 0 Å². The molecule has 1 rings (SSSR count). The highest BCUT2D eigenvalue weighted by Crippen LogP contribution is 2.13. The number of nitrogens with one attached hydrogen (secondary N) is 1. The monoisotopic (exact) mass is 217 g/mol. The minimum atomic E-state index is -3.23. The Hall–Kier alpha value is -0.940. The zero-order valence-electron chi connectivity index (χ0n) is 7.99. The summed E-state index contributed by atoms with van der Waals surface area (Å²) in [6.45, 7) is 1.70. The first kappa shape index (κ1) is 11.1. The van der Waals surface area contributed by atoms with E-state index < -0.39 is 10.0 Å². The maximum Gasteiger partial charge on any atom is 0.209 e. The van der Waals surface area contributed by atoms with Crippen molar-refractivity contribution >= 4 is 10.0 Å². The Morgan fingerprint density at radius 2 is 1.79 bits per heavy atom. The summed E-state index contributed by atoms with van der Waals surface area (Å²) in [5, 5.41) is 0. The average Bonchev–Trinajstić information content (AvgIpc) is 2.02. The second kappa shape index (κ2) is 4.06. The van der Waals surface area contributed by atoms with Gasteiger partial charge >= 0.3 is 0 Å². The molecule has 1 atom stereocenters. The van der Waals surface area contributed by atoms with E-state index in [0.717, 1.165) is 11.8 Å². The topological polar surface area (TPSA) is 46.2 Å². The highest BCUT2D eigenvalue weighted by molar-refractivity contribution is 7.88. The van der Waals surface area contributed by atoms with Gasteiger partial charge in [-0.1, -0.05) is 12.1 Å². The summed E-state index contributed by atoms with van der Waals surface area (Å²) >= 11 is 0. The van der Waals surface area contributed by atoms with E-state index in [4.69, 9.17) is 0 Å². The highest BCUT2D eigenvalue weighted by atomic mass is 32.2. The standard InChI is InChI=1S/C9H12FNO2S/c1-7(11-14(2,12)13)8-3-5-9(10)6-4-8/h3-7,11H,1-2H3. The lowest BCUT2D eigenvalue weighted by molar-refractivity contribution is 0.572. The number of sulfonamides is 1. The van der Waals surface area contributed by atoms with Crippen molar-refractivity contribution in [2.45, 2.75) is 13.0 Å². The molecule has 1 aromatic rings. The second-order valence-electron chi connectivity index (χ2n) is 3.16. The van der Waals surface area contributed by atoms with Crippen LogP contribution < -0.4 is 4.72 Å². The maximum atomic E-state index is 12.5. The first-order valence-electron chi connectivity index (χ1n) is 4.11. The van der Waals surface area contributed by atoms with Crippen LogP contribution in [-0.4, -0.2) is 14.7 Å². The van der Waals surface area contributed by atoms with Crippen LogP contribution in [-0.2, 0) is 10.0 Å². The molecule has 0 aliphatic carbocycles. The number of halogens is 1. The Bertz CT molecular complexity index is 399. The van der Waals surface area contributed by atoms with Gasteiger partial charge in [-0.3, -0.25) is 0 Å². The quantitative estimate of drug-likeness (QED) is 0.832. The van der Waals surface area contributed by atoms with E-state index in [-0.39, 0.29) is 11.9 Å². The lowest BCUT2D eigenvalue weighted by Gasteiger charge is -2.11. The van der Waals surface area contributed by atoms with Gasteiger partial charge in [0.2, 0.25) is 10.0 Å². The molecule has 14 heavy (non-hydrogen) atoms. The molecule has 0 fully saturated rings. The third-order valence-corrected chi connectivity index (χ3v) is 2.54. The lowest BCUT2D eigenvalue weighted by Crippen LogP contribution is -2.25. The fourth-order valence-corrected chi connectivity index (χ4v) is 1.92. The van der Waals surface area contributed by atoms with Crippen LogP contribution in [0.2, 0.25) is 0 Å². The van der Waals surface area contributed by atoms with Crippen molar-refractivity contribution < 1.29 is 12.8 Å². The molecule has 5 heteroatoms. The van der Waals surface area contributed by atoms with E-state index in [9.17, 15) is 12.8 Å². The number of rotatable bonds is 3. The Morgan fingerprint density at radius 3 is 2.21 bits per heavy atom. The van der Waals surface area contributed by atoms with Crippen molar-refractivity contribution in [1.82, 2.24) is 4.72 Å². The lowest BCUT2D eigenvalue weighted by atomic mass is 10.1. The van der Waals surface area contributed by atoms with Gasteiger partial charge in [0.05, 0.1) is 6.26 Å². The van der Waals surface area contributed by atoms with Gasteiger partial charge in [-0.25, -0.2) is 17.5 Å². The van der Waals surface area contributed by atoms with Gasteiger partial charge in [0.1, 0.15) is 5.82 Å². The fraction of sp³-hybridized carbons (Fsp3) is 0.333. The molecule has 0 bridgehead atoms. The average molecular weight is 217 g/mol. The largest absolute Gasteiger partial charge is 0.213 e. The van der Waals surface area contributed by atoms with Gasteiger partial charge in [-0.15, -0.1) is 0 Å². The molecule has 1 aromatic carbocycles. The SMILES string of the molecule is CC(NS(C)(=O)=O)c1ccc(F)cc1. The number of benzene rings is 1. The molecule has 1 N–H and O–H groups in total. The van der Waals surface area contributed by atoms with E-state index in [1.807, 2.05) is 0 Å². The molecule has 0 aliphatic heterocycles. The molecule has 0 heterocycles. The van der Waals surface area contributed by atoms with Gasteiger partial charge in [0, 0.05) is 6.04 Å². The molecule has 0 aromatic heterocycles. The van der Waals surface area contributed by atoms with Crippen molar-refractivity contribution in [2.24, 2.45) is 0 Å². The third kappa shape index (κ3) is 3.43. The summed E-state index contributed by atoms with van der Waals surface area (Å²) in [5.74, 6) is -0.333. The Kier molecular flexibility index (Phi) is 3.23. The molecule has 0 spiro atoms. The van der Waals surface area contributed by atoms with Crippen LogP contribution in [0.4, 0.5) is 4.39 Å². The smallest absolute Gasteiger partial charge is 0.209 e. The van der Waals surface area contributed by atoms with Crippen LogP contribution in [0.15, 0.2) is 24.3 Å². The Balaban J connectivity index is 2.80. The second-order valence-corrected chi connectivity index (χ2v) is 4.94. The summed E-state index contributed by atoms with van der Waals surface area (Å²) in [5.41, 5.74) is 0.733. The predicted octanol–water partition coefficient (Wildman–Crippen LogP) is 1.44. The summed E-state index contributed by atoms with van der Waals surface area (Å²) in [6.07, 6.45) is 1.09. The fourth-order valence-electron chi connectivity index (χ4n) is 1.14. The summed E-state index contributed by atoms with van der Waals surface area (Å²) in [4.78, 5) is 0. The number of hydrogen-bond acceptors (Lipinski definition) is 2. The zero-order chi connectivity index (χ0) is 10.8. The van der Waals surface area contributed by atoms with Crippen LogP contribution in [0.1, 0.15) is 18.5 Å². The molecule has 0 radical (unpaired) electrons. The minimum absolute atomic E-state index is 0.333. The molecule has 1 unspecified atom stereocenters. The van der Waals surface area contributed by atoms with E-state index >= 15 is 0 Å². The number of hydrogen-bond donors (Lipinski definition) is 1. The van der Waals surface area contributed by atoms with E-state index in [0.29, 0.717) is 0 Å². The first-order chi connectivity index (χ1) is 6.38. The Morgan fingerprint density at radius 1 is 1.29 bits per heavy atom. The molecule has 3 nitrogen and oxygen atoms in total. The normalized spacial score (nSPS) is 13.9. The van der Waals surface area contributed by atoms with Gasteiger partial charge in [0.15, 0.2) is 0 Å². The first-order valence-corrected chi connectivity index (χ1v) is 6.00. The highest BCUT2D eigenvalue weighted by Gasteiger charge is 2.10. The minimum Gasteiger partial charge on any atom is -0.213 e. The summed E-state index contributed by atoms with van der Waals surface area (Å²) in [7, 11) is -3.23. The van der Waals surface area contributed by atoms with Crippen molar-refractivity contribution in [3.05, 3.63) is 35.6 Å². The van der Waals surface area contributed by atoms with Gasteiger partial charge < -0.3 is 0 Å². The van der Waals surface area contributed by atoms with Crippen molar-refractivity contribution in [3.8, 4) is 0 Å². The van der Waals surface area contributed by atoms with Gasteiger partial charge in [-0.05, 0) is 24.6 Å². The van der Waals surface area contributed by atoms with Crippen LogP contribution in [0, 0.1) is 5.82 Å². The van der Waals surface area contributed by atoms with E-state index in [1.54, 1.807) is 19.1 Å². The molecule has 0 saturated heterocycles. The van der Waals surface area contributed by atoms with Gasteiger partial charge in [-0.2, -0.15) is 0 Å². The van der Waals surface area contributed by atoms with Crippen LogP contribution >= 0.6 is 0 Å². The molecular weight excluding hydrogens is 205 g/mol. The van der Waals surface area contributed by atoms with E-state index in [2.05, 4.69) is 4.72 Å². The molecular formula is C9H12FNO2S. The van der Waals surface area contributed by atoms with Gasteiger partial charge in [0.25, 0.3) is 0 Å². The van der Waals surface area contributed by atoms with E-state index in [1.165, 1.54) is 12.1 Å². The van der Waals surface area contributed by atoms with Crippen LogP contribution in [0.25, 0.3) is 0 Å². The van der Waals surface area contributed by atoms with Crippen molar-refractivity contribution in [3.63, 3.8) is 0 Å². The Labute approximate surface area is 83.0 Å². The summed E-state index contributed by atoms with van der Waals surface area (Å²) < 4.78 is 36.7. The third-order valence-electron chi connectivity index (χ3n) is 1.76. The van der Waals surface area contributed by atoms with Crippen LogP contribution in [0.3, 0.4) is 0 Å². The maximum absolute atomic E-state index is 12.5. The molecule has 0 aliphatic rings. The summed E-state index contributed by atoms with van der Waals surface area (Å²) in [6, 6.07) is 5.37. The molecule has 0 saturated carbocycles. The predicted molar refractivity (Wildman–Crippen MR) is 52.8 cm³/mol. The molecule has 78 valence electrons. The van der Waals surface area contributed by atoms with Crippen molar-refractivity contribution in [2.75, 3.05) is 6.26 Å². The zero-order valence-corrected chi connectivity index (χ0v) is 8.81. The van der Waals surface area contributed by atoms with Crippen LogP contribution in [0.5, 0.6) is 0 Å².